The van der Waals surface area contributed by atoms with E-state index in [0.717, 1.165) is 12.1 Å². The van der Waals surface area contributed by atoms with E-state index in [9.17, 15) is 14.5 Å². The number of nitrogens with one attached hydrogen (secondary N) is 1. The summed E-state index contributed by atoms with van der Waals surface area (Å²) in [5, 5.41) is 13.5. The van der Waals surface area contributed by atoms with Crippen LogP contribution in [0.2, 0.25) is 0 Å². The zero-order valence-corrected chi connectivity index (χ0v) is 8.95. The number of nitro benzene ring substituents is 1. The summed E-state index contributed by atoms with van der Waals surface area (Å²) in [5.41, 5.74) is -0.861. The lowest BCUT2D eigenvalue weighted by Gasteiger charge is -2.20. The molecule has 0 bridgehead atoms. The molecule has 0 aliphatic carbocycles. The Balaban J connectivity index is 3.15. The molecule has 1 rings (SSSR count). The van der Waals surface area contributed by atoms with Crippen LogP contribution in [0.5, 0.6) is 0 Å². The van der Waals surface area contributed by atoms with Gasteiger partial charge >= 0.3 is 0 Å². The van der Waals surface area contributed by atoms with Gasteiger partial charge in [0.2, 0.25) is 0 Å². The van der Waals surface area contributed by atoms with E-state index in [2.05, 4.69) is 11.2 Å². The molecule has 0 amide bonds. The zero-order chi connectivity index (χ0) is 12.3. The van der Waals surface area contributed by atoms with Gasteiger partial charge < -0.3 is 5.32 Å². The molecule has 0 spiro atoms. The Morgan fingerprint density at radius 2 is 2.19 bits per heavy atom. The van der Waals surface area contributed by atoms with Gasteiger partial charge in [0.25, 0.3) is 5.69 Å². The van der Waals surface area contributed by atoms with E-state index >= 15 is 0 Å². The third kappa shape index (κ3) is 2.70. The van der Waals surface area contributed by atoms with E-state index < -0.39 is 16.3 Å². The third-order valence-electron chi connectivity index (χ3n) is 1.96. The van der Waals surface area contributed by atoms with Crippen molar-refractivity contribution in [3.8, 4) is 12.3 Å². The van der Waals surface area contributed by atoms with Crippen molar-refractivity contribution in [3.63, 3.8) is 0 Å². The van der Waals surface area contributed by atoms with Gasteiger partial charge in [0.1, 0.15) is 11.5 Å². The minimum atomic E-state index is -0.734. The van der Waals surface area contributed by atoms with Gasteiger partial charge in [0.05, 0.1) is 16.5 Å². The molecular formula is C11H11FN2O2. The average molecular weight is 222 g/mol. The molecular weight excluding hydrogens is 211 g/mol. The number of halogens is 1. The Labute approximate surface area is 92.6 Å². The standard InChI is InChI=1S/C11H11FN2O2/c1-4-11(2,3)13-9-6-5-8(12)7-10(9)14(15)16/h1,5-7,13H,2-3H3. The highest BCUT2D eigenvalue weighted by molar-refractivity contribution is 5.63. The molecule has 5 heteroatoms. The fourth-order valence-electron chi connectivity index (χ4n) is 1.13. The number of rotatable bonds is 3. The smallest absolute Gasteiger partial charge is 0.295 e. The number of hydrogen-bond acceptors (Lipinski definition) is 3. The van der Waals surface area contributed by atoms with Crippen LogP contribution in [0.15, 0.2) is 18.2 Å². The summed E-state index contributed by atoms with van der Waals surface area (Å²) in [4.78, 5) is 10.0. The molecule has 0 aliphatic heterocycles. The first-order valence-electron chi connectivity index (χ1n) is 4.55. The summed E-state index contributed by atoms with van der Waals surface area (Å²) in [6.45, 7) is 3.39. The van der Waals surface area contributed by atoms with Gasteiger partial charge in [-0.25, -0.2) is 4.39 Å². The summed E-state index contributed by atoms with van der Waals surface area (Å²) >= 11 is 0. The second kappa shape index (κ2) is 4.19. The van der Waals surface area contributed by atoms with Crippen LogP contribution < -0.4 is 5.32 Å². The highest BCUT2D eigenvalue weighted by atomic mass is 19.1. The molecule has 84 valence electrons. The Bertz CT molecular complexity index is 464. The highest BCUT2D eigenvalue weighted by Gasteiger charge is 2.20. The van der Waals surface area contributed by atoms with Crippen molar-refractivity contribution in [1.82, 2.24) is 0 Å². The minimum Gasteiger partial charge on any atom is -0.364 e. The maximum absolute atomic E-state index is 12.8. The van der Waals surface area contributed by atoms with Gasteiger partial charge in [-0.1, -0.05) is 5.92 Å². The van der Waals surface area contributed by atoms with Crippen molar-refractivity contribution in [3.05, 3.63) is 34.1 Å². The van der Waals surface area contributed by atoms with Gasteiger partial charge in [-0.15, -0.1) is 6.42 Å². The fraction of sp³-hybridized carbons (Fsp3) is 0.273. The van der Waals surface area contributed by atoms with Gasteiger partial charge in [-0.3, -0.25) is 10.1 Å². The summed E-state index contributed by atoms with van der Waals surface area (Å²) in [6.07, 6.45) is 5.25. The summed E-state index contributed by atoms with van der Waals surface area (Å²) in [7, 11) is 0. The second-order valence-electron chi connectivity index (χ2n) is 3.81. The van der Waals surface area contributed by atoms with E-state index in [1.807, 2.05) is 0 Å². The van der Waals surface area contributed by atoms with Crippen molar-refractivity contribution >= 4 is 11.4 Å². The monoisotopic (exact) mass is 222 g/mol. The van der Waals surface area contributed by atoms with E-state index in [1.165, 1.54) is 6.07 Å². The molecule has 0 atom stereocenters. The second-order valence-corrected chi connectivity index (χ2v) is 3.81. The van der Waals surface area contributed by atoms with Crippen LogP contribution in [-0.4, -0.2) is 10.5 Å². The third-order valence-corrected chi connectivity index (χ3v) is 1.96. The summed E-state index contributed by atoms with van der Waals surface area (Å²) < 4.78 is 12.8. The molecule has 1 aromatic carbocycles. The largest absolute Gasteiger partial charge is 0.364 e. The summed E-state index contributed by atoms with van der Waals surface area (Å²) in [5.74, 6) is 1.79. The average Bonchev–Trinajstić information content (AvgIpc) is 2.20. The molecule has 0 fully saturated rings. The van der Waals surface area contributed by atoms with E-state index in [0.29, 0.717) is 0 Å². The van der Waals surface area contributed by atoms with Crippen LogP contribution in [-0.2, 0) is 0 Å². The van der Waals surface area contributed by atoms with Crippen molar-refractivity contribution in [2.75, 3.05) is 5.32 Å². The first-order chi connectivity index (χ1) is 7.35. The van der Waals surface area contributed by atoms with Crippen LogP contribution in [0.1, 0.15) is 13.8 Å². The minimum absolute atomic E-state index is 0.203. The maximum Gasteiger partial charge on any atom is 0.295 e. The predicted molar refractivity (Wildman–Crippen MR) is 59.6 cm³/mol. The maximum atomic E-state index is 12.8. The van der Waals surface area contributed by atoms with E-state index in [1.54, 1.807) is 13.8 Å². The zero-order valence-electron chi connectivity index (χ0n) is 8.95. The molecule has 0 saturated carbocycles. The highest BCUT2D eigenvalue weighted by Crippen LogP contribution is 2.27. The Hall–Kier alpha value is -2.09. The fourth-order valence-corrected chi connectivity index (χ4v) is 1.13. The Morgan fingerprint density at radius 3 is 2.69 bits per heavy atom. The number of terminal acetylenes is 1. The molecule has 0 aromatic heterocycles. The van der Waals surface area contributed by atoms with Gasteiger partial charge in [-0.2, -0.15) is 0 Å². The Kier molecular flexibility index (Phi) is 3.14. The van der Waals surface area contributed by atoms with Crippen molar-refractivity contribution in [1.29, 1.82) is 0 Å². The van der Waals surface area contributed by atoms with Crippen LogP contribution in [0.3, 0.4) is 0 Å². The van der Waals surface area contributed by atoms with Gasteiger partial charge in [-0.05, 0) is 26.0 Å². The SMILES string of the molecule is C#CC(C)(C)Nc1ccc(F)cc1[N+](=O)[O-]. The van der Waals surface area contributed by atoms with Crippen molar-refractivity contribution in [2.45, 2.75) is 19.4 Å². The van der Waals surface area contributed by atoms with Gasteiger partial charge in [0, 0.05) is 0 Å². The molecule has 1 aromatic rings. The molecule has 0 heterocycles. The number of benzene rings is 1. The molecule has 0 aliphatic rings. The van der Waals surface area contributed by atoms with E-state index in [4.69, 9.17) is 6.42 Å². The molecule has 1 N–H and O–H groups in total. The molecule has 4 nitrogen and oxygen atoms in total. The predicted octanol–water partition coefficient (Wildman–Crippen LogP) is 2.56. The van der Waals surface area contributed by atoms with Crippen molar-refractivity contribution in [2.24, 2.45) is 0 Å². The number of anilines is 1. The normalized spacial score (nSPS) is 10.6. The molecule has 16 heavy (non-hydrogen) atoms. The molecule has 0 radical (unpaired) electrons. The topological polar surface area (TPSA) is 55.2 Å². The number of hydrogen-bond donors (Lipinski definition) is 1. The van der Waals surface area contributed by atoms with Gasteiger partial charge in [0.15, 0.2) is 0 Å². The number of nitro groups is 1. The first kappa shape index (κ1) is 12.0. The quantitative estimate of drug-likeness (QED) is 0.485. The van der Waals surface area contributed by atoms with Crippen LogP contribution >= 0.6 is 0 Å². The first-order valence-corrected chi connectivity index (χ1v) is 4.55. The van der Waals surface area contributed by atoms with E-state index in [-0.39, 0.29) is 11.4 Å². The molecule has 0 saturated heterocycles. The van der Waals surface area contributed by atoms with Crippen molar-refractivity contribution < 1.29 is 9.31 Å². The van der Waals surface area contributed by atoms with Crippen LogP contribution in [0, 0.1) is 28.3 Å². The number of nitrogens with zero attached hydrogens (tertiary/aromatic N) is 1. The van der Waals surface area contributed by atoms with Crippen LogP contribution in [0.4, 0.5) is 15.8 Å². The van der Waals surface area contributed by atoms with Crippen LogP contribution in [0.25, 0.3) is 0 Å². The lowest BCUT2D eigenvalue weighted by atomic mass is 10.1. The lowest BCUT2D eigenvalue weighted by Crippen LogP contribution is -2.28. The lowest BCUT2D eigenvalue weighted by molar-refractivity contribution is -0.384. The molecule has 0 unspecified atom stereocenters. The Morgan fingerprint density at radius 1 is 1.56 bits per heavy atom. The summed E-state index contributed by atoms with van der Waals surface area (Å²) in [6, 6.07) is 3.30.